The van der Waals surface area contributed by atoms with Crippen LogP contribution in [0.15, 0.2) is 36.4 Å². The Labute approximate surface area is 120 Å². The number of rotatable bonds is 2. The van der Waals surface area contributed by atoms with E-state index in [-0.39, 0.29) is 11.7 Å². The number of ketones is 1. The van der Waals surface area contributed by atoms with Gasteiger partial charge in [-0.25, -0.2) is 4.98 Å². The SMILES string of the molecule is CC1CC(C)CC(C(=O)c2ccc3ccccc3n2)C1. The summed E-state index contributed by atoms with van der Waals surface area (Å²) < 4.78 is 0. The molecule has 20 heavy (non-hydrogen) atoms. The van der Waals surface area contributed by atoms with Crippen LogP contribution in [0.3, 0.4) is 0 Å². The lowest BCUT2D eigenvalue weighted by Gasteiger charge is -2.30. The van der Waals surface area contributed by atoms with E-state index in [1.165, 1.54) is 6.42 Å². The summed E-state index contributed by atoms with van der Waals surface area (Å²) in [6.07, 6.45) is 3.27. The fraction of sp³-hybridized carbons (Fsp3) is 0.444. The molecule has 0 amide bonds. The third-order valence-electron chi connectivity index (χ3n) is 4.40. The van der Waals surface area contributed by atoms with Gasteiger partial charge in [-0.2, -0.15) is 0 Å². The number of para-hydroxylation sites is 1. The van der Waals surface area contributed by atoms with E-state index in [1.807, 2.05) is 36.4 Å². The molecule has 2 atom stereocenters. The number of aromatic nitrogens is 1. The van der Waals surface area contributed by atoms with Crippen molar-refractivity contribution in [1.82, 2.24) is 4.98 Å². The fourth-order valence-corrected chi connectivity index (χ4v) is 3.57. The van der Waals surface area contributed by atoms with E-state index in [0.29, 0.717) is 17.5 Å². The highest BCUT2D eigenvalue weighted by atomic mass is 16.1. The van der Waals surface area contributed by atoms with Gasteiger partial charge in [-0.1, -0.05) is 38.1 Å². The Morgan fingerprint density at radius 3 is 2.45 bits per heavy atom. The Morgan fingerprint density at radius 1 is 1.00 bits per heavy atom. The normalized spacial score (nSPS) is 26.6. The molecule has 3 rings (SSSR count). The van der Waals surface area contributed by atoms with Crippen molar-refractivity contribution in [3.63, 3.8) is 0 Å². The zero-order valence-corrected chi connectivity index (χ0v) is 12.2. The minimum absolute atomic E-state index is 0.155. The number of hydrogen-bond donors (Lipinski definition) is 0. The van der Waals surface area contributed by atoms with Crippen LogP contribution >= 0.6 is 0 Å². The molecule has 2 unspecified atom stereocenters. The molecule has 1 heterocycles. The molecular formula is C18H21NO. The van der Waals surface area contributed by atoms with Gasteiger partial charge in [0.05, 0.1) is 5.52 Å². The quantitative estimate of drug-likeness (QED) is 0.750. The molecule has 2 nitrogen and oxygen atoms in total. The van der Waals surface area contributed by atoms with E-state index >= 15 is 0 Å². The van der Waals surface area contributed by atoms with Gasteiger partial charge in [0.15, 0.2) is 5.78 Å². The van der Waals surface area contributed by atoms with Crippen molar-refractivity contribution in [3.8, 4) is 0 Å². The van der Waals surface area contributed by atoms with Gasteiger partial charge in [-0.05, 0) is 43.2 Å². The van der Waals surface area contributed by atoms with Crippen LogP contribution in [0.1, 0.15) is 43.6 Å². The van der Waals surface area contributed by atoms with Crippen molar-refractivity contribution < 1.29 is 4.79 Å². The first-order chi connectivity index (χ1) is 9.63. The maximum Gasteiger partial charge on any atom is 0.184 e. The highest BCUT2D eigenvalue weighted by Gasteiger charge is 2.30. The maximum atomic E-state index is 12.7. The molecule has 0 aliphatic heterocycles. The molecule has 0 bridgehead atoms. The maximum absolute atomic E-state index is 12.7. The van der Waals surface area contributed by atoms with E-state index in [2.05, 4.69) is 18.8 Å². The van der Waals surface area contributed by atoms with Gasteiger partial charge in [0.25, 0.3) is 0 Å². The Bertz CT molecular complexity index is 624. The van der Waals surface area contributed by atoms with Gasteiger partial charge >= 0.3 is 0 Å². The highest BCUT2D eigenvalue weighted by Crippen LogP contribution is 2.34. The second-order valence-corrected chi connectivity index (χ2v) is 6.37. The Hall–Kier alpha value is -1.70. The second kappa shape index (κ2) is 5.35. The van der Waals surface area contributed by atoms with Crippen LogP contribution in [0.4, 0.5) is 0 Å². The van der Waals surface area contributed by atoms with Crippen LogP contribution in [0.5, 0.6) is 0 Å². The summed E-state index contributed by atoms with van der Waals surface area (Å²) in [7, 11) is 0. The zero-order valence-electron chi connectivity index (χ0n) is 12.2. The van der Waals surface area contributed by atoms with E-state index in [4.69, 9.17) is 0 Å². The van der Waals surface area contributed by atoms with Gasteiger partial charge in [0, 0.05) is 11.3 Å². The predicted molar refractivity (Wildman–Crippen MR) is 81.7 cm³/mol. The molecule has 1 aliphatic carbocycles. The summed E-state index contributed by atoms with van der Waals surface area (Å²) in [5.41, 5.74) is 1.55. The Balaban J connectivity index is 1.88. The minimum Gasteiger partial charge on any atom is -0.292 e. The van der Waals surface area contributed by atoms with Crippen molar-refractivity contribution in [2.75, 3.05) is 0 Å². The number of nitrogens with zero attached hydrogens (tertiary/aromatic N) is 1. The lowest BCUT2D eigenvalue weighted by Crippen LogP contribution is -2.26. The zero-order chi connectivity index (χ0) is 14.1. The number of carbonyl (C=O) groups is 1. The third-order valence-corrected chi connectivity index (χ3v) is 4.40. The number of carbonyl (C=O) groups excluding carboxylic acids is 1. The Kier molecular flexibility index (Phi) is 3.56. The number of hydrogen-bond acceptors (Lipinski definition) is 2. The van der Waals surface area contributed by atoms with Crippen molar-refractivity contribution >= 4 is 16.7 Å². The fourth-order valence-electron chi connectivity index (χ4n) is 3.57. The van der Waals surface area contributed by atoms with E-state index in [0.717, 1.165) is 23.7 Å². The van der Waals surface area contributed by atoms with Gasteiger partial charge < -0.3 is 0 Å². The molecule has 2 heteroatoms. The van der Waals surface area contributed by atoms with Crippen molar-refractivity contribution in [2.45, 2.75) is 33.1 Å². The van der Waals surface area contributed by atoms with Crippen LogP contribution in [-0.2, 0) is 0 Å². The largest absolute Gasteiger partial charge is 0.292 e. The van der Waals surface area contributed by atoms with Crippen LogP contribution in [-0.4, -0.2) is 10.8 Å². The molecule has 1 aromatic carbocycles. The molecule has 1 saturated carbocycles. The number of Topliss-reactive ketones (excluding diaryl/α,β-unsaturated/α-hetero) is 1. The molecule has 104 valence electrons. The van der Waals surface area contributed by atoms with Crippen LogP contribution in [0.25, 0.3) is 10.9 Å². The standard InChI is InChI=1S/C18H21NO/c1-12-9-13(2)11-15(10-12)18(20)17-8-7-14-5-3-4-6-16(14)19-17/h3-8,12-13,15H,9-11H2,1-2H3. The van der Waals surface area contributed by atoms with Gasteiger partial charge in [-0.3, -0.25) is 4.79 Å². The van der Waals surface area contributed by atoms with Crippen molar-refractivity contribution in [1.29, 1.82) is 0 Å². The second-order valence-electron chi connectivity index (χ2n) is 6.37. The molecule has 0 saturated heterocycles. The molecule has 1 aliphatic rings. The molecule has 0 spiro atoms. The molecule has 0 N–H and O–H groups in total. The molecule has 2 aromatic rings. The first-order valence-electron chi connectivity index (χ1n) is 7.53. The van der Waals surface area contributed by atoms with Crippen LogP contribution < -0.4 is 0 Å². The lowest BCUT2D eigenvalue weighted by molar-refractivity contribution is 0.0831. The lowest BCUT2D eigenvalue weighted by atomic mass is 9.74. The molecule has 1 fully saturated rings. The number of benzene rings is 1. The van der Waals surface area contributed by atoms with Gasteiger partial charge in [-0.15, -0.1) is 0 Å². The predicted octanol–water partition coefficient (Wildman–Crippen LogP) is 4.49. The summed E-state index contributed by atoms with van der Waals surface area (Å²) >= 11 is 0. The molecular weight excluding hydrogens is 246 g/mol. The smallest absolute Gasteiger partial charge is 0.184 e. The van der Waals surface area contributed by atoms with Gasteiger partial charge in [0.1, 0.15) is 5.69 Å². The van der Waals surface area contributed by atoms with Gasteiger partial charge in [0.2, 0.25) is 0 Å². The average Bonchev–Trinajstić information content (AvgIpc) is 2.45. The van der Waals surface area contributed by atoms with Crippen LogP contribution in [0.2, 0.25) is 0 Å². The summed E-state index contributed by atoms with van der Waals surface area (Å²) in [4.78, 5) is 17.2. The monoisotopic (exact) mass is 267 g/mol. The molecule has 1 aromatic heterocycles. The summed E-state index contributed by atoms with van der Waals surface area (Å²) in [5, 5.41) is 1.09. The van der Waals surface area contributed by atoms with E-state index in [1.54, 1.807) is 0 Å². The first kappa shape index (κ1) is 13.3. The van der Waals surface area contributed by atoms with Crippen molar-refractivity contribution in [2.24, 2.45) is 17.8 Å². The van der Waals surface area contributed by atoms with Crippen molar-refractivity contribution in [3.05, 3.63) is 42.1 Å². The average molecular weight is 267 g/mol. The minimum atomic E-state index is 0.155. The summed E-state index contributed by atoms with van der Waals surface area (Å²) in [6.45, 7) is 4.51. The molecule has 0 radical (unpaired) electrons. The summed E-state index contributed by atoms with van der Waals surface area (Å²) in [6, 6.07) is 11.9. The van der Waals surface area contributed by atoms with E-state index < -0.39 is 0 Å². The highest BCUT2D eigenvalue weighted by molar-refractivity contribution is 5.98. The number of fused-ring (bicyclic) bond motifs is 1. The Morgan fingerprint density at radius 2 is 1.70 bits per heavy atom. The van der Waals surface area contributed by atoms with E-state index in [9.17, 15) is 4.79 Å². The third kappa shape index (κ3) is 2.60. The topological polar surface area (TPSA) is 30.0 Å². The number of pyridine rings is 1. The summed E-state index contributed by atoms with van der Waals surface area (Å²) in [5.74, 6) is 1.68. The first-order valence-corrected chi connectivity index (χ1v) is 7.53. The van der Waals surface area contributed by atoms with Crippen LogP contribution in [0, 0.1) is 17.8 Å².